The van der Waals surface area contributed by atoms with Gasteiger partial charge in [0.15, 0.2) is 4.77 Å². The van der Waals surface area contributed by atoms with Crippen LogP contribution in [0.3, 0.4) is 0 Å². The molecule has 0 aliphatic carbocycles. The zero-order valence-corrected chi connectivity index (χ0v) is 12.6. The lowest BCUT2D eigenvalue weighted by Gasteiger charge is -2.11. The Morgan fingerprint density at radius 1 is 1.35 bits per heavy atom. The average molecular weight is 304 g/mol. The first-order valence-electron chi connectivity index (χ1n) is 6.00. The van der Waals surface area contributed by atoms with Crippen LogP contribution in [0.4, 0.5) is 0 Å². The summed E-state index contributed by atoms with van der Waals surface area (Å²) < 4.78 is 7.17. The van der Waals surface area contributed by atoms with Gasteiger partial charge in [-0.05, 0) is 42.2 Å². The van der Waals surface area contributed by atoms with E-state index in [1.54, 1.807) is 13.2 Å². The summed E-state index contributed by atoms with van der Waals surface area (Å²) in [5.74, 6) is 0.612. The molecule has 0 bridgehead atoms. The van der Waals surface area contributed by atoms with E-state index in [0.29, 0.717) is 21.6 Å². The average Bonchev–Trinajstić information content (AvgIpc) is 2.80. The van der Waals surface area contributed by atoms with Gasteiger partial charge in [-0.25, -0.2) is 4.57 Å². The van der Waals surface area contributed by atoms with Crippen molar-refractivity contribution in [3.63, 3.8) is 0 Å². The van der Waals surface area contributed by atoms with E-state index in [0.717, 1.165) is 10.4 Å². The number of ether oxygens (including phenoxy) is 1. The molecule has 2 heterocycles. The predicted octanol–water partition coefficient (Wildman–Crippen LogP) is 3.43. The SMILES string of the molecule is COc1ccccc1-n1c(=S)[nH]c2scc(C)c2c1=O. The topological polar surface area (TPSA) is 47.0 Å². The highest BCUT2D eigenvalue weighted by Gasteiger charge is 2.13. The van der Waals surface area contributed by atoms with Gasteiger partial charge < -0.3 is 9.72 Å². The number of para-hydroxylation sites is 2. The van der Waals surface area contributed by atoms with E-state index in [1.807, 2.05) is 30.5 Å². The van der Waals surface area contributed by atoms with E-state index >= 15 is 0 Å². The highest BCUT2D eigenvalue weighted by molar-refractivity contribution is 7.71. The van der Waals surface area contributed by atoms with Gasteiger partial charge in [0.2, 0.25) is 0 Å². The summed E-state index contributed by atoms with van der Waals surface area (Å²) in [4.78, 5) is 16.6. The molecule has 0 radical (unpaired) electrons. The summed E-state index contributed by atoms with van der Waals surface area (Å²) in [7, 11) is 1.57. The molecule has 3 aromatic rings. The number of methoxy groups -OCH3 is 1. The molecule has 0 saturated carbocycles. The summed E-state index contributed by atoms with van der Waals surface area (Å²) in [6.45, 7) is 1.92. The molecule has 0 aliphatic heterocycles. The second-order valence-electron chi connectivity index (χ2n) is 4.37. The van der Waals surface area contributed by atoms with Crippen molar-refractivity contribution in [1.82, 2.24) is 9.55 Å². The number of fused-ring (bicyclic) bond motifs is 1. The van der Waals surface area contributed by atoms with Crippen molar-refractivity contribution in [3.8, 4) is 11.4 Å². The molecule has 0 amide bonds. The number of hydrogen-bond acceptors (Lipinski definition) is 4. The first kappa shape index (κ1) is 13.1. The number of rotatable bonds is 2. The van der Waals surface area contributed by atoms with Gasteiger partial charge in [0.1, 0.15) is 10.6 Å². The fraction of sp³-hybridized carbons (Fsp3) is 0.143. The maximum absolute atomic E-state index is 12.7. The Morgan fingerprint density at radius 3 is 2.85 bits per heavy atom. The smallest absolute Gasteiger partial charge is 0.268 e. The number of nitrogens with zero attached hydrogens (tertiary/aromatic N) is 1. The van der Waals surface area contributed by atoms with E-state index in [2.05, 4.69) is 4.98 Å². The van der Waals surface area contributed by atoms with Crippen LogP contribution in [-0.2, 0) is 0 Å². The van der Waals surface area contributed by atoms with Crippen LogP contribution >= 0.6 is 23.6 Å². The molecule has 102 valence electrons. The first-order valence-corrected chi connectivity index (χ1v) is 7.29. The van der Waals surface area contributed by atoms with E-state index in [-0.39, 0.29) is 5.56 Å². The molecule has 0 aliphatic rings. The maximum atomic E-state index is 12.7. The van der Waals surface area contributed by atoms with Crippen molar-refractivity contribution in [2.24, 2.45) is 0 Å². The number of thiophene rings is 1. The number of hydrogen-bond donors (Lipinski definition) is 1. The largest absolute Gasteiger partial charge is 0.495 e. The molecule has 1 N–H and O–H groups in total. The first-order chi connectivity index (χ1) is 9.63. The minimum atomic E-state index is -0.119. The Bertz CT molecular complexity index is 905. The van der Waals surface area contributed by atoms with Crippen LogP contribution < -0.4 is 10.3 Å². The van der Waals surface area contributed by atoms with Gasteiger partial charge in [-0.3, -0.25) is 4.79 Å². The van der Waals surface area contributed by atoms with Crippen molar-refractivity contribution >= 4 is 33.8 Å². The van der Waals surface area contributed by atoms with Gasteiger partial charge in [0.05, 0.1) is 18.2 Å². The summed E-state index contributed by atoms with van der Waals surface area (Å²) in [6.07, 6.45) is 0. The molecule has 4 nitrogen and oxygen atoms in total. The molecule has 20 heavy (non-hydrogen) atoms. The molecule has 2 aromatic heterocycles. The van der Waals surface area contributed by atoms with Crippen LogP contribution in [0.5, 0.6) is 5.75 Å². The Balaban J connectivity index is 2.45. The Morgan fingerprint density at radius 2 is 2.10 bits per heavy atom. The third kappa shape index (κ3) is 1.88. The van der Waals surface area contributed by atoms with Crippen LogP contribution in [0.2, 0.25) is 0 Å². The van der Waals surface area contributed by atoms with Gasteiger partial charge in [0.25, 0.3) is 5.56 Å². The van der Waals surface area contributed by atoms with Gasteiger partial charge in [0, 0.05) is 0 Å². The lowest BCUT2D eigenvalue weighted by Crippen LogP contribution is -2.20. The normalized spacial score (nSPS) is 10.9. The highest BCUT2D eigenvalue weighted by atomic mass is 32.1. The number of benzene rings is 1. The predicted molar refractivity (Wildman–Crippen MR) is 83.9 cm³/mol. The van der Waals surface area contributed by atoms with Gasteiger partial charge in [-0.2, -0.15) is 0 Å². The number of H-pyrrole nitrogens is 1. The second kappa shape index (κ2) is 4.88. The van der Waals surface area contributed by atoms with E-state index < -0.39 is 0 Å². The third-order valence-electron chi connectivity index (χ3n) is 3.14. The molecular formula is C14H12N2O2S2. The molecule has 0 fully saturated rings. The molecule has 6 heteroatoms. The Labute approximate surface area is 124 Å². The van der Waals surface area contributed by atoms with Crippen molar-refractivity contribution in [3.05, 3.63) is 50.3 Å². The molecule has 0 unspecified atom stereocenters. The van der Waals surface area contributed by atoms with Crippen LogP contribution in [-0.4, -0.2) is 16.7 Å². The summed E-state index contributed by atoms with van der Waals surface area (Å²) in [5.41, 5.74) is 1.48. The monoisotopic (exact) mass is 304 g/mol. The summed E-state index contributed by atoms with van der Waals surface area (Å²) in [5, 5.41) is 2.62. The van der Waals surface area contributed by atoms with E-state index in [1.165, 1.54) is 15.9 Å². The quantitative estimate of drug-likeness (QED) is 0.738. The maximum Gasteiger partial charge on any atom is 0.268 e. The van der Waals surface area contributed by atoms with Crippen molar-refractivity contribution in [2.75, 3.05) is 7.11 Å². The zero-order valence-electron chi connectivity index (χ0n) is 11.0. The van der Waals surface area contributed by atoms with Gasteiger partial charge >= 0.3 is 0 Å². The summed E-state index contributed by atoms with van der Waals surface area (Å²) in [6, 6.07) is 7.33. The van der Waals surface area contributed by atoms with E-state index in [4.69, 9.17) is 17.0 Å². The molecule has 1 aromatic carbocycles. The molecule has 0 saturated heterocycles. The lowest BCUT2D eigenvalue weighted by molar-refractivity contribution is 0.412. The van der Waals surface area contributed by atoms with Crippen molar-refractivity contribution < 1.29 is 4.74 Å². The standard InChI is InChI=1S/C14H12N2O2S2/c1-8-7-20-12-11(8)13(17)16(14(19)15-12)9-5-3-4-6-10(9)18-2/h3-7H,1-2H3,(H,15,19). The molecular weight excluding hydrogens is 292 g/mol. The van der Waals surface area contributed by atoms with Crippen LogP contribution in [0.25, 0.3) is 15.9 Å². The number of aromatic nitrogens is 2. The second-order valence-corrected chi connectivity index (χ2v) is 5.63. The van der Waals surface area contributed by atoms with Crippen LogP contribution in [0.15, 0.2) is 34.4 Å². The minimum absolute atomic E-state index is 0.119. The van der Waals surface area contributed by atoms with Crippen molar-refractivity contribution in [1.29, 1.82) is 0 Å². The van der Waals surface area contributed by atoms with Gasteiger partial charge in [-0.1, -0.05) is 12.1 Å². The molecule has 0 spiro atoms. The molecule has 0 atom stereocenters. The van der Waals surface area contributed by atoms with Gasteiger partial charge in [-0.15, -0.1) is 11.3 Å². The lowest BCUT2D eigenvalue weighted by atomic mass is 10.2. The minimum Gasteiger partial charge on any atom is -0.495 e. The fourth-order valence-electron chi connectivity index (χ4n) is 2.19. The fourth-order valence-corrected chi connectivity index (χ4v) is 3.47. The van der Waals surface area contributed by atoms with Crippen molar-refractivity contribution in [2.45, 2.75) is 6.92 Å². The molecule has 3 rings (SSSR count). The zero-order chi connectivity index (χ0) is 14.3. The summed E-state index contributed by atoms with van der Waals surface area (Å²) >= 11 is 6.81. The Kier molecular flexibility index (Phi) is 3.19. The van der Waals surface area contributed by atoms with Crippen LogP contribution in [0, 0.1) is 11.7 Å². The number of aryl methyl sites for hydroxylation is 1. The highest BCUT2D eigenvalue weighted by Crippen LogP contribution is 2.24. The third-order valence-corrected chi connectivity index (χ3v) is 4.44. The van der Waals surface area contributed by atoms with Crippen LogP contribution in [0.1, 0.15) is 5.56 Å². The number of nitrogens with one attached hydrogen (secondary N) is 1. The number of aromatic amines is 1. The Hall–Kier alpha value is -1.92. The van der Waals surface area contributed by atoms with E-state index in [9.17, 15) is 4.79 Å².